The van der Waals surface area contributed by atoms with Crippen LogP contribution in [-0.4, -0.2) is 59.5 Å². The highest BCUT2D eigenvalue weighted by Gasteiger charge is 2.24. The summed E-state index contributed by atoms with van der Waals surface area (Å²) in [5.41, 5.74) is -0.108. The third kappa shape index (κ3) is 6.86. The summed E-state index contributed by atoms with van der Waals surface area (Å²) < 4.78 is 4.95. The fourth-order valence-corrected chi connectivity index (χ4v) is 2.91. The molecule has 0 aliphatic carbocycles. The average Bonchev–Trinajstić information content (AvgIpc) is 3.13. The van der Waals surface area contributed by atoms with E-state index in [1.807, 2.05) is 20.8 Å². The van der Waals surface area contributed by atoms with E-state index in [2.05, 4.69) is 15.4 Å². The van der Waals surface area contributed by atoms with Crippen molar-refractivity contribution in [3.8, 4) is 0 Å². The van der Waals surface area contributed by atoms with Crippen LogP contribution in [0.4, 0.5) is 5.82 Å². The predicted octanol–water partition coefficient (Wildman–Crippen LogP) is 2.28. The molecule has 0 saturated carbocycles. The van der Waals surface area contributed by atoms with Crippen LogP contribution in [0, 0.1) is 12.3 Å². The molecule has 0 unspecified atom stereocenters. The van der Waals surface area contributed by atoms with Crippen LogP contribution in [0.2, 0.25) is 0 Å². The number of nitrogens with one attached hydrogen (secondary N) is 1. The number of anilines is 1. The molecule has 1 aliphatic heterocycles. The van der Waals surface area contributed by atoms with Crippen LogP contribution in [0.1, 0.15) is 45.8 Å². The number of carbonyl (C=O) groups is 2. The van der Waals surface area contributed by atoms with Crippen molar-refractivity contribution in [2.24, 2.45) is 5.41 Å². The van der Waals surface area contributed by atoms with E-state index in [1.54, 1.807) is 17.9 Å². The molecule has 1 N–H and O–H groups in total. The number of hydrogen-bond acceptors (Lipinski definition) is 5. The summed E-state index contributed by atoms with van der Waals surface area (Å²) in [5, 5.41) is 6.45. The lowest BCUT2D eigenvalue weighted by Crippen LogP contribution is -2.43. The van der Waals surface area contributed by atoms with Gasteiger partial charge in [0.1, 0.15) is 5.76 Å². The summed E-state index contributed by atoms with van der Waals surface area (Å²) in [6, 6.07) is 1.66. The van der Waals surface area contributed by atoms with Crippen LogP contribution in [0.3, 0.4) is 0 Å². The van der Waals surface area contributed by atoms with Crippen molar-refractivity contribution in [3.05, 3.63) is 11.8 Å². The van der Waals surface area contributed by atoms with Crippen molar-refractivity contribution < 1.29 is 14.1 Å². The van der Waals surface area contributed by atoms with Crippen LogP contribution < -0.4 is 5.32 Å². The van der Waals surface area contributed by atoms with Gasteiger partial charge >= 0.3 is 0 Å². The molecule has 0 atom stereocenters. The molecule has 0 aromatic carbocycles. The smallest absolute Gasteiger partial charge is 0.245 e. The van der Waals surface area contributed by atoms with Crippen molar-refractivity contribution in [2.45, 2.75) is 47.0 Å². The average molecular weight is 350 g/mol. The monoisotopic (exact) mass is 350 g/mol. The summed E-state index contributed by atoms with van der Waals surface area (Å²) in [4.78, 5) is 28.9. The number of amides is 2. The highest BCUT2D eigenvalue weighted by atomic mass is 16.5. The highest BCUT2D eigenvalue weighted by Crippen LogP contribution is 2.20. The molecule has 0 radical (unpaired) electrons. The van der Waals surface area contributed by atoms with E-state index in [-0.39, 0.29) is 23.8 Å². The highest BCUT2D eigenvalue weighted by molar-refractivity contribution is 5.93. The molecular weight excluding hydrogens is 320 g/mol. The maximum absolute atomic E-state index is 12.6. The van der Waals surface area contributed by atoms with E-state index >= 15 is 0 Å². The lowest BCUT2D eigenvalue weighted by Gasteiger charge is -2.28. The Bertz CT molecular complexity index is 585. The Balaban J connectivity index is 1.93. The zero-order chi connectivity index (χ0) is 18.4. The van der Waals surface area contributed by atoms with Gasteiger partial charge in [-0.05, 0) is 38.3 Å². The molecule has 1 saturated heterocycles. The molecule has 2 rings (SSSR count). The van der Waals surface area contributed by atoms with Gasteiger partial charge in [0.25, 0.3) is 0 Å². The maximum Gasteiger partial charge on any atom is 0.245 e. The van der Waals surface area contributed by atoms with Gasteiger partial charge in [0.2, 0.25) is 11.8 Å². The first-order valence-electron chi connectivity index (χ1n) is 8.96. The van der Waals surface area contributed by atoms with E-state index in [0.29, 0.717) is 24.5 Å². The summed E-state index contributed by atoms with van der Waals surface area (Å²) in [5.74, 6) is 0.769. The minimum Gasteiger partial charge on any atom is -0.360 e. The van der Waals surface area contributed by atoms with Gasteiger partial charge in [-0.1, -0.05) is 25.9 Å². The molecule has 1 fully saturated rings. The van der Waals surface area contributed by atoms with Crippen LogP contribution in [-0.2, 0) is 9.59 Å². The second-order valence-corrected chi connectivity index (χ2v) is 7.97. The Morgan fingerprint density at radius 2 is 2.00 bits per heavy atom. The molecule has 25 heavy (non-hydrogen) atoms. The van der Waals surface area contributed by atoms with Gasteiger partial charge in [-0.2, -0.15) is 0 Å². The summed E-state index contributed by atoms with van der Waals surface area (Å²) in [6.45, 7) is 11.4. The van der Waals surface area contributed by atoms with Crippen LogP contribution >= 0.6 is 0 Å². The molecule has 7 heteroatoms. The molecular formula is C18H30N4O3. The Morgan fingerprint density at radius 3 is 2.56 bits per heavy atom. The third-order valence-electron chi connectivity index (χ3n) is 4.15. The SMILES string of the molecule is Cc1cc(NC(=O)CN(CCN2CCCC2)C(=O)CC(C)(C)C)no1. The lowest BCUT2D eigenvalue weighted by molar-refractivity contribution is -0.136. The number of carbonyl (C=O) groups excluding carboxylic acids is 2. The molecule has 0 spiro atoms. The topological polar surface area (TPSA) is 78.7 Å². The van der Waals surface area contributed by atoms with Gasteiger partial charge in [-0.3, -0.25) is 9.59 Å². The Kier molecular flexibility index (Phi) is 6.58. The van der Waals surface area contributed by atoms with Gasteiger partial charge in [0.15, 0.2) is 5.82 Å². The molecule has 140 valence electrons. The molecule has 7 nitrogen and oxygen atoms in total. The van der Waals surface area contributed by atoms with Gasteiger partial charge in [0, 0.05) is 25.6 Å². The van der Waals surface area contributed by atoms with Gasteiger partial charge in [-0.25, -0.2) is 0 Å². The zero-order valence-corrected chi connectivity index (χ0v) is 15.8. The number of aromatic nitrogens is 1. The first kappa shape index (κ1) is 19.4. The molecule has 0 bridgehead atoms. The minimum atomic E-state index is -0.253. The zero-order valence-electron chi connectivity index (χ0n) is 15.8. The molecule has 2 heterocycles. The number of rotatable bonds is 7. The Morgan fingerprint density at radius 1 is 1.32 bits per heavy atom. The molecule has 1 aromatic rings. The van der Waals surface area contributed by atoms with E-state index in [4.69, 9.17) is 4.52 Å². The van der Waals surface area contributed by atoms with Crippen molar-refractivity contribution in [1.29, 1.82) is 0 Å². The Hall–Kier alpha value is -1.89. The van der Waals surface area contributed by atoms with E-state index in [9.17, 15) is 9.59 Å². The van der Waals surface area contributed by atoms with Crippen LogP contribution in [0.5, 0.6) is 0 Å². The van der Waals surface area contributed by atoms with Crippen LogP contribution in [0.15, 0.2) is 10.6 Å². The summed E-state index contributed by atoms with van der Waals surface area (Å²) >= 11 is 0. The van der Waals surface area contributed by atoms with Crippen molar-refractivity contribution in [3.63, 3.8) is 0 Å². The van der Waals surface area contributed by atoms with E-state index < -0.39 is 0 Å². The number of likely N-dealkylation sites (tertiary alicyclic amines) is 1. The number of nitrogens with zero attached hydrogens (tertiary/aromatic N) is 3. The molecule has 1 aromatic heterocycles. The fraction of sp³-hybridized carbons (Fsp3) is 0.722. The lowest BCUT2D eigenvalue weighted by atomic mass is 9.91. The van der Waals surface area contributed by atoms with Crippen LogP contribution in [0.25, 0.3) is 0 Å². The second-order valence-electron chi connectivity index (χ2n) is 7.97. The Labute approximate surface area is 149 Å². The van der Waals surface area contributed by atoms with E-state index in [1.165, 1.54) is 12.8 Å². The quantitative estimate of drug-likeness (QED) is 0.816. The van der Waals surface area contributed by atoms with Gasteiger partial charge < -0.3 is 19.6 Å². The second kappa shape index (κ2) is 8.47. The standard InChI is InChI=1S/C18H30N4O3/c1-14-11-15(20-25-14)19-16(23)13-22(17(24)12-18(2,3)4)10-9-21-7-5-6-8-21/h11H,5-10,12-13H2,1-4H3,(H,19,20,23). The van der Waals surface area contributed by atoms with Crippen molar-refractivity contribution >= 4 is 17.6 Å². The summed E-state index contributed by atoms with van der Waals surface area (Å²) in [6.07, 6.45) is 2.84. The summed E-state index contributed by atoms with van der Waals surface area (Å²) in [7, 11) is 0. The molecule has 1 aliphatic rings. The largest absolute Gasteiger partial charge is 0.360 e. The minimum absolute atomic E-state index is 0.0122. The predicted molar refractivity (Wildman–Crippen MR) is 96.2 cm³/mol. The maximum atomic E-state index is 12.6. The van der Waals surface area contributed by atoms with Crippen molar-refractivity contribution in [1.82, 2.24) is 15.0 Å². The van der Waals surface area contributed by atoms with E-state index in [0.717, 1.165) is 19.6 Å². The van der Waals surface area contributed by atoms with Gasteiger partial charge in [0.05, 0.1) is 6.54 Å². The van der Waals surface area contributed by atoms with Gasteiger partial charge in [-0.15, -0.1) is 0 Å². The number of hydrogen-bond donors (Lipinski definition) is 1. The fourth-order valence-electron chi connectivity index (χ4n) is 2.91. The number of aryl methyl sites for hydroxylation is 1. The first-order valence-corrected chi connectivity index (χ1v) is 8.96. The first-order chi connectivity index (χ1) is 11.7. The molecule has 2 amide bonds. The third-order valence-corrected chi connectivity index (χ3v) is 4.15. The van der Waals surface area contributed by atoms with Crippen molar-refractivity contribution in [2.75, 3.05) is 38.0 Å². The normalized spacial score (nSPS) is 15.4.